The van der Waals surface area contributed by atoms with Crippen LogP contribution in [0.25, 0.3) is 0 Å². The predicted octanol–water partition coefficient (Wildman–Crippen LogP) is 3.24. The van der Waals surface area contributed by atoms with Gasteiger partial charge in [0, 0.05) is 37.3 Å². The lowest BCUT2D eigenvalue weighted by molar-refractivity contribution is -0.166. The van der Waals surface area contributed by atoms with E-state index in [0.717, 1.165) is 32.5 Å². The van der Waals surface area contributed by atoms with E-state index in [9.17, 15) is 18.0 Å². The molecule has 0 aromatic heterocycles. The largest absolute Gasteiger partial charge is 0.442 e. The van der Waals surface area contributed by atoms with Crippen LogP contribution >= 0.6 is 0 Å². The van der Waals surface area contributed by atoms with Crippen molar-refractivity contribution in [2.45, 2.75) is 43.1 Å². The van der Waals surface area contributed by atoms with Gasteiger partial charge in [0.25, 0.3) is 5.91 Å². The van der Waals surface area contributed by atoms with Gasteiger partial charge in [0.1, 0.15) is 0 Å². The second kappa shape index (κ2) is 7.11. The third-order valence-electron chi connectivity index (χ3n) is 5.80. The van der Waals surface area contributed by atoms with Crippen molar-refractivity contribution in [3.63, 3.8) is 0 Å². The molecule has 6 nitrogen and oxygen atoms in total. The van der Waals surface area contributed by atoms with Gasteiger partial charge < -0.3 is 10.1 Å². The number of carbonyl (C=O) groups is 1. The number of halogens is 3. The van der Waals surface area contributed by atoms with Crippen molar-refractivity contribution in [2.24, 2.45) is 10.2 Å². The van der Waals surface area contributed by atoms with E-state index in [1.807, 2.05) is 0 Å². The summed E-state index contributed by atoms with van der Waals surface area (Å²) in [7, 11) is 0. The number of rotatable bonds is 5. The highest BCUT2D eigenvalue weighted by Crippen LogP contribution is 2.52. The smallest absolute Gasteiger partial charge is 0.372 e. The van der Waals surface area contributed by atoms with E-state index < -0.39 is 11.8 Å². The lowest BCUT2D eigenvalue weighted by Crippen LogP contribution is -2.51. The van der Waals surface area contributed by atoms with Gasteiger partial charge in [-0.15, -0.1) is 10.2 Å². The molecule has 1 N–H and O–H groups in total. The minimum atomic E-state index is -4.56. The Hall–Kier alpha value is -2.00. The van der Waals surface area contributed by atoms with E-state index in [-0.39, 0.29) is 17.1 Å². The molecule has 1 amide bonds. The second-order valence-electron chi connectivity index (χ2n) is 7.72. The highest BCUT2D eigenvalue weighted by molar-refractivity contribution is 5.94. The first-order chi connectivity index (χ1) is 13.3. The van der Waals surface area contributed by atoms with Crippen molar-refractivity contribution < 1.29 is 22.7 Å². The fourth-order valence-electron chi connectivity index (χ4n) is 4.16. The van der Waals surface area contributed by atoms with Crippen LogP contribution in [-0.4, -0.2) is 55.4 Å². The average Bonchev–Trinajstić information content (AvgIpc) is 3.39. The molecule has 1 aromatic rings. The van der Waals surface area contributed by atoms with Gasteiger partial charge in [0.15, 0.2) is 0 Å². The average molecular weight is 396 g/mol. The molecular weight excluding hydrogens is 373 g/mol. The molecule has 9 heteroatoms. The molecule has 0 radical (unpaired) electrons. The van der Waals surface area contributed by atoms with Crippen molar-refractivity contribution in [1.29, 1.82) is 0 Å². The van der Waals surface area contributed by atoms with Gasteiger partial charge in [-0.25, -0.2) is 0 Å². The summed E-state index contributed by atoms with van der Waals surface area (Å²) in [5, 5.41) is 9.17. The molecule has 4 rings (SSSR count). The zero-order valence-electron chi connectivity index (χ0n) is 15.5. The summed E-state index contributed by atoms with van der Waals surface area (Å²) < 4.78 is 45.0. The first-order valence-electron chi connectivity index (χ1n) is 9.60. The number of benzene rings is 1. The van der Waals surface area contributed by atoms with Crippen LogP contribution in [0.2, 0.25) is 0 Å². The Morgan fingerprint density at radius 3 is 2.46 bits per heavy atom. The maximum Gasteiger partial charge on any atom is 0.442 e. The number of ether oxygens (including phenoxy) is 1. The molecule has 0 unspecified atom stereocenters. The number of nitrogens with one attached hydrogen (secondary N) is 1. The molecule has 1 aliphatic carbocycles. The van der Waals surface area contributed by atoms with E-state index in [1.54, 1.807) is 0 Å². The third kappa shape index (κ3) is 3.65. The van der Waals surface area contributed by atoms with Crippen LogP contribution in [0.3, 0.4) is 0 Å². The fourth-order valence-corrected chi connectivity index (χ4v) is 4.16. The van der Waals surface area contributed by atoms with Gasteiger partial charge in [0.2, 0.25) is 0 Å². The highest BCUT2D eigenvalue weighted by Gasteiger charge is 2.65. The number of hydrogen-bond acceptors (Lipinski definition) is 5. The number of amides is 1. The lowest BCUT2D eigenvalue weighted by Gasteiger charge is -2.40. The molecule has 152 valence electrons. The van der Waals surface area contributed by atoms with E-state index in [2.05, 4.69) is 20.4 Å². The molecule has 1 aromatic carbocycles. The summed E-state index contributed by atoms with van der Waals surface area (Å²) in [6.07, 6.45) is 0.0412. The van der Waals surface area contributed by atoms with Gasteiger partial charge in [-0.05, 0) is 25.0 Å². The monoisotopic (exact) mass is 396 g/mol. The minimum Gasteiger partial charge on any atom is -0.372 e. The van der Waals surface area contributed by atoms with Crippen molar-refractivity contribution in [1.82, 2.24) is 10.2 Å². The van der Waals surface area contributed by atoms with E-state index >= 15 is 0 Å². The van der Waals surface area contributed by atoms with E-state index in [4.69, 9.17) is 4.74 Å². The van der Waals surface area contributed by atoms with Crippen LogP contribution in [0.5, 0.6) is 0 Å². The van der Waals surface area contributed by atoms with Crippen molar-refractivity contribution in [3.05, 3.63) is 35.4 Å². The van der Waals surface area contributed by atoms with Gasteiger partial charge in [0.05, 0.1) is 12.2 Å². The number of hydrogen-bond donors (Lipinski definition) is 1. The van der Waals surface area contributed by atoms with Crippen LogP contribution in [0.4, 0.5) is 13.2 Å². The first-order valence-corrected chi connectivity index (χ1v) is 9.60. The maximum atomic E-state index is 13.0. The number of morpholine rings is 1. The fraction of sp³-hybridized carbons (Fsp3) is 0.632. The Kier molecular flexibility index (Phi) is 4.91. The second-order valence-corrected chi connectivity index (χ2v) is 7.72. The Morgan fingerprint density at radius 2 is 1.86 bits per heavy atom. The normalized spacial score (nSPS) is 23.1. The molecule has 2 fully saturated rings. The molecule has 1 saturated heterocycles. The number of nitrogens with zero attached hydrogens (tertiary/aromatic N) is 3. The van der Waals surface area contributed by atoms with Crippen LogP contribution < -0.4 is 5.32 Å². The van der Waals surface area contributed by atoms with Crippen LogP contribution in [0.15, 0.2) is 34.5 Å². The number of alkyl halides is 3. The van der Waals surface area contributed by atoms with Crippen molar-refractivity contribution in [3.8, 4) is 0 Å². The topological polar surface area (TPSA) is 66.3 Å². The third-order valence-corrected chi connectivity index (χ3v) is 5.80. The molecule has 0 bridgehead atoms. The maximum absolute atomic E-state index is 13.0. The van der Waals surface area contributed by atoms with E-state index in [1.165, 1.54) is 37.1 Å². The van der Waals surface area contributed by atoms with Crippen molar-refractivity contribution >= 4 is 5.91 Å². The summed E-state index contributed by atoms with van der Waals surface area (Å²) in [6.45, 7) is 3.66. The Bertz CT molecular complexity index is 751. The first kappa shape index (κ1) is 19.3. The summed E-state index contributed by atoms with van der Waals surface area (Å²) >= 11 is 0. The Balaban J connectivity index is 1.27. The van der Waals surface area contributed by atoms with Gasteiger partial charge >= 0.3 is 11.8 Å². The highest BCUT2D eigenvalue weighted by atomic mass is 19.4. The molecule has 1 spiro atoms. The molecular formula is C19H23F3N4O2. The van der Waals surface area contributed by atoms with E-state index in [0.29, 0.717) is 18.7 Å². The van der Waals surface area contributed by atoms with Gasteiger partial charge in [-0.3, -0.25) is 9.69 Å². The molecule has 3 aliphatic rings. The summed E-state index contributed by atoms with van der Waals surface area (Å²) in [6, 6.07) is 5.27. The lowest BCUT2D eigenvalue weighted by atomic mass is 10.00. The zero-order chi connectivity index (χ0) is 19.8. The van der Waals surface area contributed by atoms with Crippen LogP contribution in [-0.2, 0) is 10.4 Å². The zero-order valence-corrected chi connectivity index (χ0v) is 15.5. The van der Waals surface area contributed by atoms with Crippen LogP contribution in [0, 0.1) is 0 Å². The molecule has 2 aliphatic heterocycles. The molecule has 2 heterocycles. The Labute approximate surface area is 161 Å². The summed E-state index contributed by atoms with van der Waals surface area (Å²) in [5.41, 5.74) is -2.22. The molecule has 28 heavy (non-hydrogen) atoms. The van der Waals surface area contributed by atoms with Gasteiger partial charge in [-0.2, -0.15) is 13.2 Å². The SMILES string of the molecule is O=C(NCCN1CCOC2(CCCC2)C1)c1ccc(C2(C(F)(F)F)N=N2)cc1. The Morgan fingerprint density at radius 1 is 1.18 bits per heavy atom. The molecule has 0 atom stereocenters. The van der Waals surface area contributed by atoms with Gasteiger partial charge in [-0.1, -0.05) is 25.0 Å². The summed E-state index contributed by atoms with van der Waals surface area (Å²) in [5.74, 6) is -0.305. The van der Waals surface area contributed by atoms with Crippen LogP contribution in [0.1, 0.15) is 41.6 Å². The predicted molar refractivity (Wildman–Crippen MR) is 95.0 cm³/mol. The standard InChI is InChI=1S/C19H23F3N4O2/c20-19(21,22)18(24-25-18)15-5-3-14(4-6-15)16(27)23-9-10-26-11-12-28-17(13-26)7-1-2-8-17/h3-6H,1-2,7-13H2,(H,23,27). The van der Waals surface area contributed by atoms with Crippen molar-refractivity contribution in [2.75, 3.05) is 32.8 Å². The quantitative estimate of drug-likeness (QED) is 0.831. The summed E-state index contributed by atoms with van der Waals surface area (Å²) in [4.78, 5) is 14.6. The number of carbonyl (C=O) groups excluding carboxylic acids is 1. The molecule has 1 saturated carbocycles. The minimum absolute atomic E-state index is 0.00848.